The van der Waals surface area contributed by atoms with E-state index in [4.69, 9.17) is 11.6 Å². The molecular formula is C12H14ClN3O. The number of nitrogens with one attached hydrogen (secondary N) is 1. The Balaban J connectivity index is 2.26. The summed E-state index contributed by atoms with van der Waals surface area (Å²) in [5.41, 5.74) is 1.42. The molecule has 17 heavy (non-hydrogen) atoms. The van der Waals surface area contributed by atoms with Crippen LogP contribution in [0.3, 0.4) is 0 Å². The average molecular weight is 252 g/mol. The molecule has 0 atom stereocenters. The standard InChI is InChI=1S/C12H14ClN3O/c1-16-10-6-3-2-5-9(10)11(15-16)12(17)14-8-4-7-13/h2-3,5-6H,4,7-8H2,1H3,(H,14,17). The van der Waals surface area contributed by atoms with Crippen LogP contribution in [0.25, 0.3) is 10.9 Å². The second kappa shape index (κ2) is 5.19. The number of carbonyl (C=O) groups excluding carboxylic acids is 1. The SMILES string of the molecule is Cn1nc(C(=O)NCCCCl)c2ccccc21. The molecule has 0 aliphatic rings. The Bertz CT molecular complexity index is 536. The number of nitrogens with zero attached hydrogens (tertiary/aromatic N) is 2. The molecular weight excluding hydrogens is 238 g/mol. The molecule has 0 spiro atoms. The molecule has 1 amide bonds. The van der Waals surface area contributed by atoms with Crippen LogP contribution in [0, 0.1) is 0 Å². The number of fused-ring (bicyclic) bond motifs is 1. The highest BCUT2D eigenvalue weighted by molar-refractivity contribution is 6.17. The maximum Gasteiger partial charge on any atom is 0.272 e. The number of aromatic nitrogens is 2. The zero-order valence-electron chi connectivity index (χ0n) is 9.61. The largest absolute Gasteiger partial charge is 0.351 e. The van der Waals surface area contributed by atoms with Crippen LogP contribution in [0.1, 0.15) is 16.9 Å². The van der Waals surface area contributed by atoms with Gasteiger partial charge in [-0.2, -0.15) is 5.10 Å². The molecule has 1 N–H and O–H groups in total. The smallest absolute Gasteiger partial charge is 0.272 e. The Morgan fingerprint density at radius 1 is 1.47 bits per heavy atom. The van der Waals surface area contributed by atoms with Gasteiger partial charge in [-0.1, -0.05) is 18.2 Å². The Kier molecular flexibility index (Phi) is 3.64. The molecule has 0 fully saturated rings. The fourth-order valence-electron chi connectivity index (χ4n) is 1.73. The third-order valence-corrected chi connectivity index (χ3v) is 2.84. The van der Waals surface area contributed by atoms with Gasteiger partial charge in [0.15, 0.2) is 5.69 Å². The number of amides is 1. The summed E-state index contributed by atoms with van der Waals surface area (Å²) in [6, 6.07) is 7.68. The first-order valence-corrected chi connectivity index (χ1v) is 6.03. The first-order valence-electron chi connectivity index (χ1n) is 5.50. The number of alkyl halides is 1. The van der Waals surface area contributed by atoms with Crippen LogP contribution < -0.4 is 5.32 Å². The third kappa shape index (κ3) is 2.42. The van der Waals surface area contributed by atoms with Crippen LogP contribution in [-0.2, 0) is 7.05 Å². The molecule has 1 aromatic heterocycles. The van der Waals surface area contributed by atoms with Crippen molar-refractivity contribution in [1.82, 2.24) is 15.1 Å². The molecule has 4 nitrogen and oxygen atoms in total. The van der Waals surface area contributed by atoms with E-state index in [2.05, 4.69) is 10.4 Å². The highest BCUT2D eigenvalue weighted by Gasteiger charge is 2.14. The van der Waals surface area contributed by atoms with E-state index < -0.39 is 0 Å². The van der Waals surface area contributed by atoms with Crippen molar-refractivity contribution in [1.29, 1.82) is 0 Å². The molecule has 1 aromatic carbocycles. The van der Waals surface area contributed by atoms with Crippen molar-refractivity contribution < 1.29 is 4.79 Å². The van der Waals surface area contributed by atoms with Gasteiger partial charge in [-0.15, -0.1) is 11.6 Å². The number of halogens is 1. The number of benzene rings is 1. The van der Waals surface area contributed by atoms with Gasteiger partial charge in [0.2, 0.25) is 0 Å². The monoisotopic (exact) mass is 251 g/mol. The van der Waals surface area contributed by atoms with Gasteiger partial charge in [0, 0.05) is 24.9 Å². The zero-order chi connectivity index (χ0) is 12.3. The summed E-state index contributed by atoms with van der Waals surface area (Å²) in [5.74, 6) is 0.399. The lowest BCUT2D eigenvalue weighted by Gasteiger charge is -2.00. The lowest BCUT2D eigenvalue weighted by atomic mass is 10.2. The van der Waals surface area contributed by atoms with Crippen molar-refractivity contribution in [2.45, 2.75) is 6.42 Å². The molecule has 90 valence electrons. The first kappa shape index (κ1) is 11.9. The van der Waals surface area contributed by atoms with Crippen molar-refractivity contribution >= 4 is 28.4 Å². The first-order chi connectivity index (χ1) is 8.24. The zero-order valence-corrected chi connectivity index (χ0v) is 10.4. The van der Waals surface area contributed by atoms with E-state index in [9.17, 15) is 4.79 Å². The third-order valence-electron chi connectivity index (χ3n) is 2.57. The van der Waals surface area contributed by atoms with Crippen molar-refractivity contribution in [2.24, 2.45) is 7.05 Å². The minimum absolute atomic E-state index is 0.146. The van der Waals surface area contributed by atoms with E-state index >= 15 is 0 Å². The maximum atomic E-state index is 11.9. The second-order valence-corrected chi connectivity index (χ2v) is 4.17. The normalized spacial score (nSPS) is 10.7. The van der Waals surface area contributed by atoms with Crippen molar-refractivity contribution in [3.8, 4) is 0 Å². The molecule has 2 aromatic rings. The van der Waals surface area contributed by atoms with E-state index in [-0.39, 0.29) is 5.91 Å². The summed E-state index contributed by atoms with van der Waals surface area (Å²) in [7, 11) is 1.83. The van der Waals surface area contributed by atoms with Gasteiger partial charge >= 0.3 is 0 Å². The predicted molar refractivity (Wildman–Crippen MR) is 68.4 cm³/mol. The lowest BCUT2D eigenvalue weighted by molar-refractivity contribution is 0.0949. The fraction of sp³-hybridized carbons (Fsp3) is 0.333. The van der Waals surface area contributed by atoms with Crippen LogP contribution in [0.5, 0.6) is 0 Å². The van der Waals surface area contributed by atoms with E-state index in [0.717, 1.165) is 17.3 Å². The van der Waals surface area contributed by atoms with Crippen molar-refractivity contribution in [2.75, 3.05) is 12.4 Å². The van der Waals surface area contributed by atoms with Gasteiger partial charge < -0.3 is 5.32 Å². The molecule has 0 saturated heterocycles. The maximum absolute atomic E-state index is 11.9. The molecule has 0 aliphatic heterocycles. The summed E-state index contributed by atoms with van der Waals surface area (Å²) >= 11 is 5.56. The summed E-state index contributed by atoms with van der Waals surface area (Å²) in [5, 5.41) is 7.92. The minimum atomic E-state index is -0.146. The van der Waals surface area contributed by atoms with Crippen molar-refractivity contribution in [3.05, 3.63) is 30.0 Å². The number of carbonyl (C=O) groups is 1. The van der Waals surface area contributed by atoms with Gasteiger partial charge in [-0.05, 0) is 12.5 Å². The van der Waals surface area contributed by atoms with Crippen LogP contribution in [0.4, 0.5) is 0 Å². The quantitative estimate of drug-likeness (QED) is 0.667. The van der Waals surface area contributed by atoms with Gasteiger partial charge in [0.1, 0.15) is 0 Å². The summed E-state index contributed by atoms with van der Waals surface area (Å²) in [6.07, 6.45) is 0.762. The topological polar surface area (TPSA) is 46.9 Å². The predicted octanol–water partition coefficient (Wildman–Crippen LogP) is 1.93. The van der Waals surface area contributed by atoms with Gasteiger partial charge in [-0.25, -0.2) is 0 Å². The second-order valence-electron chi connectivity index (χ2n) is 3.79. The highest BCUT2D eigenvalue weighted by Crippen LogP contribution is 2.16. The van der Waals surface area contributed by atoms with Crippen LogP contribution in [0.15, 0.2) is 24.3 Å². The molecule has 0 aliphatic carbocycles. The average Bonchev–Trinajstić information content (AvgIpc) is 2.68. The highest BCUT2D eigenvalue weighted by atomic mass is 35.5. The summed E-state index contributed by atoms with van der Waals surface area (Å²) in [6.45, 7) is 0.577. The Labute approximate surface area is 105 Å². The Morgan fingerprint density at radius 2 is 2.24 bits per heavy atom. The lowest BCUT2D eigenvalue weighted by Crippen LogP contribution is -2.25. The number of aryl methyl sites for hydroxylation is 1. The van der Waals surface area contributed by atoms with Crippen LogP contribution in [0.2, 0.25) is 0 Å². The molecule has 0 saturated carbocycles. The molecule has 0 unspecified atom stereocenters. The molecule has 0 bridgehead atoms. The molecule has 5 heteroatoms. The fourth-order valence-corrected chi connectivity index (χ4v) is 1.87. The van der Waals surface area contributed by atoms with E-state index in [1.165, 1.54) is 0 Å². The van der Waals surface area contributed by atoms with E-state index in [0.29, 0.717) is 18.1 Å². The van der Waals surface area contributed by atoms with Crippen LogP contribution in [-0.4, -0.2) is 28.1 Å². The molecule has 1 heterocycles. The number of hydrogen-bond donors (Lipinski definition) is 1. The van der Waals surface area contributed by atoms with Gasteiger partial charge in [-0.3, -0.25) is 9.48 Å². The van der Waals surface area contributed by atoms with Crippen molar-refractivity contribution in [3.63, 3.8) is 0 Å². The number of rotatable bonds is 4. The Hall–Kier alpha value is -1.55. The Morgan fingerprint density at radius 3 is 3.00 bits per heavy atom. The number of para-hydroxylation sites is 1. The minimum Gasteiger partial charge on any atom is -0.351 e. The van der Waals surface area contributed by atoms with E-state index in [1.54, 1.807) is 4.68 Å². The number of hydrogen-bond acceptors (Lipinski definition) is 2. The van der Waals surface area contributed by atoms with Gasteiger partial charge in [0.25, 0.3) is 5.91 Å². The van der Waals surface area contributed by atoms with Crippen LogP contribution >= 0.6 is 11.6 Å². The molecule has 2 rings (SSSR count). The van der Waals surface area contributed by atoms with E-state index in [1.807, 2.05) is 31.3 Å². The summed E-state index contributed by atoms with van der Waals surface area (Å²) in [4.78, 5) is 11.9. The van der Waals surface area contributed by atoms with Gasteiger partial charge in [0.05, 0.1) is 5.52 Å². The molecule has 0 radical (unpaired) electrons. The summed E-state index contributed by atoms with van der Waals surface area (Å²) < 4.78 is 1.71.